The van der Waals surface area contributed by atoms with Gasteiger partial charge in [0.2, 0.25) is 0 Å². The molecule has 2 atom stereocenters. The van der Waals surface area contributed by atoms with Crippen molar-refractivity contribution in [2.45, 2.75) is 37.4 Å². The van der Waals surface area contributed by atoms with Crippen LogP contribution >= 0.6 is 22.9 Å². The van der Waals surface area contributed by atoms with Crippen molar-refractivity contribution in [1.82, 2.24) is 9.88 Å². The first kappa shape index (κ1) is 11.9. The van der Waals surface area contributed by atoms with Crippen LogP contribution in [0.2, 0.25) is 0 Å². The molecule has 0 aliphatic carbocycles. The molecule has 2 bridgehead atoms. The minimum atomic E-state index is 0.489. The summed E-state index contributed by atoms with van der Waals surface area (Å²) in [7, 11) is 0. The average molecular weight is 273 g/mol. The van der Waals surface area contributed by atoms with Crippen LogP contribution in [0, 0.1) is 0 Å². The molecule has 3 heterocycles. The maximum atomic E-state index is 5.83. The molecule has 0 N–H and O–H groups in total. The zero-order valence-corrected chi connectivity index (χ0v) is 11.3. The van der Waals surface area contributed by atoms with Crippen molar-refractivity contribution in [3.05, 3.63) is 16.1 Å². The molecule has 1 aromatic heterocycles. The highest BCUT2D eigenvalue weighted by atomic mass is 35.5. The quantitative estimate of drug-likeness (QED) is 0.787. The summed E-state index contributed by atoms with van der Waals surface area (Å²) in [6.07, 6.45) is 4.51. The Labute approximate surface area is 111 Å². The summed E-state index contributed by atoms with van der Waals surface area (Å²) >= 11 is 7.48. The lowest BCUT2D eigenvalue weighted by Gasteiger charge is -2.31. The van der Waals surface area contributed by atoms with Gasteiger partial charge in [0.15, 0.2) is 0 Å². The Bertz CT molecular complexity index is 372. The topological polar surface area (TPSA) is 25.4 Å². The van der Waals surface area contributed by atoms with Crippen molar-refractivity contribution in [2.75, 3.05) is 19.6 Å². The normalized spacial score (nSPS) is 28.8. The van der Waals surface area contributed by atoms with Gasteiger partial charge >= 0.3 is 0 Å². The maximum absolute atomic E-state index is 5.83. The first-order valence-corrected chi connectivity index (χ1v) is 7.62. The number of rotatable bonds is 4. The van der Waals surface area contributed by atoms with E-state index in [0.717, 1.165) is 31.7 Å². The summed E-state index contributed by atoms with van der Waals surface area (Å²) in [5, 5.41) is 3.27. The molecular weight excluding hydrogens is 256 g/mol. The Morgan fingerprint density at radius 1 is 1.41 bits per heavy atom. The van der Waals surface area contributed by atoms with Crippen LogP contribution in [-0.2, 0) is 17.0 Å². The van der Waals surface area contributed by atoms with Gasteiger partial charge in [0.25, 0.3) is 0 Å². The van der Waals surface area contributed by atoms with Crippen LogP contribution in [-0.4, -0.2) is 41.7 Å². The van der Waals surface area contributed by atoms with Crippen molar-refractivity contribution in [2.24, 2.45) is 0 Å². The number of alkyl halides is 1. The zero-order chi connectivity index (χ0) is 11.7. The van der Waals surface area contributed by atoms with Crippen molar-refractivity contribution in [3.63, 3.8) is 0 Å². The lowest BCUT2D eigenvalue weighted by Crippen LogP contribution is -2.43. The number of ether oxygens (including phenoxy) is 1. The Hall–Kier alpha value is -0.160. The van der Waals surface area contributed by atoms with E-state index >= 15 is 0 Å². The Morgan fingerprint density at radius 2 is 2.18 bits per heavy atom. The molecule has 94 valence electrons. The van der Waals surface area contributed by atoms with Crippen molar-refractivity contribution >= 4 is 22.9 Å². The van der Waals surface area contributed by atoms with E-state index in [2.05, 4.69) is 15.3 Å². The van der Waals surface area contributed by atoms with E-state index in [1.807, 2.05) is 0 Å². The van der Waals surface area contributed by atoms with Gasteiger partial charge in [-0.3, -0.25) is 4.90 Å². The van der Waals surface area contributed by atoms with Gasteiger partial charge in [0.1, 0.15) is 0 Å². The molecule has 0 spiro atoms. The molecular formula is C12H17ClN2OS. The number of likely N-dealkylation sites (tertiary alicyclic amines) is 1. The van der Waals surface area contributed by atoms with Crippen molar-refractivity contribution in [1.29, 1.82) is 0 Å². The third-order valence-electron chi connectivity index (χ3n) is 3.50. The number of halogens is 1. The zero-order valence-electron chi connectivity index (χ0n) is 9.77. The molecule has 0 aromatic carbocycles. The standard InChI is InChI=1S/C12H17ClN2OS/c13-5-9-8-17-12(14-9)3-4-15-6-10-1-2-11(7-15)16-10/h8,10-11H,1-7H2. The summed E-state index contributed by atoms with van der Waals surface area (Å²) < 4.78 is 5.83. The predicted molar refractivity (Wildman–Crippen MR) is 69.7 cm³/mol. The molecule has 0 saturated carbocycles. The summed E-state index contributed by atoms with van der Waals surface area (Å²) in [6, 6.07) is 0. The van der Waals surface area contributed by atoms with Gasteiger partial charge in [-0.1, -0.05) is 0 Å². The first-order valence-electron chi connectivity index (χ1n) is 6.20. The van der Waals surface area contributed by atoms with E-state index in [0.29, 0.717) is 18.1 Å². The van der Waals surface area contributed by atoms with E-state index in [1.165, 1.54) is 17.8 Å². The second kappa shape index (κ2) is 5.22. The molecule has 2 aliphatic heterocycles. The third-order valence-corrected chi connectivity index (χ3v) is 4.73. The summed E-state index contributed by atoms with van der Waals surface area (Å²) in [5.41, 5.74) is 1.01. The van der Waals surface area contributed by atoms with Crippen LogP contribution in [0.3, 0.4) is 0 Å². The predicted octanol–water partition coefficient (Wildman–Crippen LogP) is 2.29. The highest BCUT2D eigenvalue weighted by molar-refractivity contribution is 7.09. The van der Waals surface area contributed by atoms with Crippen LogP contribution in [0.25, 0.3) is 0 Å². The molecule has 3 nitrogen and oxygen atoms in total. The fourth-order valence-corrected chi connectivity index (χ4v) is 3.68. The van der Waals surface area contributed by atoms with Gasteiger partial charge in [0.05, 0.1) is 28.8 Å². The third kappa shape index (κ3) is 2.81. The lowest BCUT2D eigenvalue weighted by atomic mass is 10.2. The summed E-state index contributed by atoms with van der Waals surface area (Å²) in [5.74, 6) is 0.526. The number of nitrogens with zero attached hydrogens (tertiary/aromatic N) is 2. The molecule has 3 rings (SSSR count). The highest BCUT2D eigenvalue weighted by Gasteiger charge is 2.33. The van der Waals surface area contributed by atoms with Crippen molar-refractivity contribution < 1.29 is 4.74 Å². The molecule has 2 fully saturated rings. The number of hydrogen-bond acceptors (Lipinski definition) is 4. The Kier molecular flexibility index (Phi) is 3.66. The number of thiazole rings is 1. The molecule has 2 aliphatic rings. The Balaban J connectivity index is 1.51. The molecule has 5 heteroatoms. The molecule has 0 amide bonds. The second-order valence-electron chi connectivity index (χ2n) is 4.83. The maximum Gasteiger partial charge on any atom is 0.0941 e. The Morgan fingerprint density at radius 3 is 2.82 bits per heavy atom. The van der Waals surface area contributed by atoms with E-state index in [4.69, 9.17) is 16.3 Å². The van der Waals surface area contributed by atoms with Gasteiger partial charge in [-0.05, 0) is 12.8 Å². The fraction of sp³-hybridized carbons (Fsp3) is 0.750. The number of hydrogen-bond donors (Lipinski definition) is 0. The van der Waals surface area contributed by atoms with Crippen LogP contribution in [0.1, 0.15) is 23.5 Å². The SMILES string of the molecule is ClCc1csc(CCN2CC3CCC(C2)O3)n1. The van der Waals surface area contributed by atoms with Crippen LogP contribution in [0.15, 0.2) is 5.38 Å². The molecule has 0 radical (unpaired) electrons. The molecule has 2 saturated heterocycles. The van der Waals surface area contributed by atoms with Gasteiger partial charge in [-0.15, -0.1) is 22.9 Å². The fourth-order valence-electron chi connectivity index (χ4n) is 2.66. The average Bonchev–Trinajstić information content (AvgIpc) is 2.93. The largest absolute Gasteiger partial charge is 0.372 e. The number of fused-ring (bicyclic) bond motifs is 2. The van der Waals surface area contributed by atoms with Crippen LogP contribution in [0.5, 0.6) is 0 Å². The van der Waals surface area contributed by atoms with E-state index in [9.17, 15) is 0 Å². The first-order chi connectivity index (χ1) is 8.33. The van der Waals surface area contributed by atoms with E-state index < -0.39 is 0 Å². The number of morpholine rings is 1. The highest BCUT2D eigenvalue weighted by Crippen LogP contribution is 2.26. The van der Waals surface area contributed by atoms with Gasteiger partial charge in [-0.2, -0.15) is 0 Å². The van der Waals surface area contributed by atoms with E-state index in [1.54, 1.807) is 11.3 Å². The van der Waals surface area contributed by atoms with Gasteiger partial charge < -0.3 is 4.74 Å². The van der Waals surface area contributed by atoms with Crippen LogP contribution < -0.4 is 0 Å². The summed E-state index contributed by atoms with van der Waals surface area (Å²) in [6.45, 7) is 3.31. The van der Waals surface area contributed by atoms with Gasteiger partial charge in [-0.25, -0.2) is 4.98 Å². The van der Waals surface area contributed by atoms with Crippen LogP contribution in [0.4, 0.5) is 0 Å². The number of aromatic nitrogens is 1. The minimum absolute atomic E-state index is 0.489. The monoisotopic (exact) mass is 272 g/mol. The minimum Gasteiger partial charge on any atom is -0.372 e. The van der Waals surface area contributed by atoms with Gasteiger partial charge in [0, 0.05) is 31.4 Å². The lowest BCUT2D eigenvalue weighted by molar-refractivity contribution is -0.0377. The second-order valence-corrected chi connectivity index (χ2v) is 6.04. The van der Waals surface area contributed by atoms with Crippen molar-refractivity contribution in [3.8, 4) is 0 Å². The summed E-state index contributed by atoms with van der Waals surface area (Å²) in [4.78, 5) is 7.02. The molecule has 1 aromatic rings. The smallest absolute Gasteiger partial charge is 0.0941 e. The molecule has 2 unspecified atom stereocenters. The van der Waals surface area contributed by atoms with E-state index in [-0.39, 0.29) is 0 Å². The molecule has 17 heavy (non-hydrogen) atoms.